The highest BCUT2D eigenvalue weighted by Crippen LogP contribution is 2.31. The minimum atomic E-state index is -1.13. The Morgan fingerprint density at radius 3 is 2.93 bits per heavy atom. The number of carbonyl (C=O) groups is 1. The number of anilines is 2. The molecule has 0 saturated heterocycles. The van der Waals surface area contributed by atoms with E-state index in [1.807, 2.05) is 0 Å². The summed E-state index contributed by atoms with van der Waals surface area (Å²) in [6, 6.07) is 7.63. The number of benzene rings is 1. The Hall–Kier alpha value is -3.45. The van der Waals surface area contributed by atoms with Crippen LogP contribution in [0, 0.1) is 18.2 Å². The van der Waals surface area contributed by atoms with E-state index >= 15 is 0 Å². The molecule has 0 unspecified atom stereocenters. The molecule has 2 heterocycles. The van der Waals surface area contributed by atoms with Crippen molar-refractivity contribution in [3.05, 3.63) is 53.5 Å². The second-order valence-corrected chi connectivity index (χ2v) is 6.20. The van der Waals surface area contributed by atoms with Gasteiger partial charge in [-0.25, -0.2) is 14.9 Å². The van der Waals surface area contributed by atoms with Gasteiger partial charge in [0, 0.05) is 24.2 Å². The van der Waals surface area contributed by atoms with Crippen LogP contribution in [-0.4, -0.2) is 45.0 Å². The molecule has 9 heteroatoms. The molecule has 1 amide bonds. The van der Waals surface area contributed by atoms with Crippen molar-refractivity contribution in [1.82, 2.24) is 15.0 Å². The summed E-state index contributed by atoms with van der Waals surface area (Å²) < 4.78 is 16.0. The van der Waals surface area contributed by atoms with Gasteiger partial charge < -0.3 is 20.1 Å². The molecule has 1 aromatic carbocycles. The Bertz CT molecular complexity index is 1090. The Kier molecular flexibility index (Phi) is 6.09. The van der Waals surface area contributed by atoms with Crippen molar-refractivity contribution in [2.75, 3.05) is 18.5 Å². The van der Waals surface area contributed by atoms with E-state index < -0.39 is 24.4 Å². The summed E-state index contributed by atoms with van der Waals surface area (Å²) in [4.78, 5) is 22.0. The minimum absolute atomic E-state index is 0.126. The molecule has 0 aliphatic heterocycles. The molecule has 0 bridgehead atoms. The Morgan fingerprint density at radius 2 is 2.24 bits per heavy atom. The van der Waals surface area contributed by atoms with Gasteiger partial charge in [0.15, 0.2) is 0 Å². The maximum Gasteiger partial charge on any atom is 0.279 e. The van der Waals surface area contributed by atoms with E-state index in [4.69, 9.17) is 16.4 Å². The van der Waals surface area contributed by atoms with Crippen LogP contribution >= 0.6 is 0 Å². The number of rotatable bonds is 7. The number of carbonyl (C=O) groups excluding carboxylic acids is 1. The largest absolute Gasteiger partial charge is 0.394 e. The molecule has 0 spiro atoms. The zero-order valence-corrected chi connectivity index (χ0v) is 15.5. The molecule has 0 saturated carbocycles. The van der Waals surface area contributed by atoms with E-state index in [0.717, 1.165) is 0 Å². The number of fused-ring (bicyclic) bond motifs is 1. The van der Waals surface area contributed by atoms with E-state index in [9.17, 15) is 14.3 Å². The molecular weight excluding hydrogens is 379 g/mol. The number of aromatic nitrogens is 2. The van der Waals surface area contributed by atoms with E-state index in [0.29, 0.717) is 16.6 Å². The molecule has 1 atom stereocenters. The van der Waals surface area contributed by atoms with Crippen molar-refractivity contribution < 1.29 is 24.2 Å². The first-order valence-electron chi connectivity index (χ1n) is 8.64. The molecule has 3 rings (SSSR count). The van der Waals surface area contributed by atoms with Crippen LogP contribution in [0.25, 0.3) is 11.0 Å². The maximum absolute atomic E-state index is 14.4. The Morgan fingerprint density at radius 1 is 1.45 bits per heavy atom. The van der Waals surface area contributed by atoms with Crippen molar-refractivity contribution in [2.45, 2.75) is 6.10 Å². The molecule has 29 heavy (non-hydrogen) atoms. The first-order valence-corrected chi connectivity index (χ1v) is 8.64. The van der Waals surface area contributed by atoms with Crippen LogP contribution in [0.5, 0.6) is 0 Å². The van der Waals surface area contributed by atoms with E-state index in [1.54, 1.807) is 36.0 Å². The fourth-order valence-corrected chi connectivity index (χ4v) is 2.78. The number of nitrogens with one attached hydrogen (secondary N) is 2. The van der Waals surface area contributed by atoms with E-state index in [-0.39, 0.29) is 23.7 Å². The molecule has 150 valence electrons. The Balaban J connectivity index is 1.98. The highest BCUT2D eigenvalue weighted by Gasteiger charge is 2.23. The van der Waals surface area contributed by atoms with E-state index in [2.05, 4.69) is 21.7 Å². The van der Waals surface area contributed by atoms with Gasteiger partial charge in [-0.2, -0.15) is 0 Å². The molecule has 0 aliphatic carbocycles. The van der Waals surface area contributed by atoms with Gasteiger partial charge in [-0.1, -0.05) is 5.92 Å². The second kappa shape index (κ2) is 8.70. The zero-order valence-electron chi connectivity index (χ0n) is 15.5. The number of aliphatic hydroxyl groups is 2. The summed E-state index contributed by atoms with van der Waals surface area (Å²) in [5, 5.41) is 21.6. The number of nitrogens with zero attached hydrogens (tertiary/aromatic N) is 2. The number of hydrogen-bond donors (Lipinski definition) is 4. The lowest BCUT2D eigenvalue weighted by molar-refractivity contribution is -0.0294. The average molecular weight is 398 g/mol. The van der Waals surface area contributed by atoms with Gasteiger partial charge in [0.25, 0.3) is 5.91 Å². The molecule has 8 nitrogen and oxygen atoms in total. The summed E-state index contributed by atoms with van der Waals surface area (Å²) in [5.74, 6) is 1.44. The average Bonchev–Trinajstić information content (AvgIpc) is 3.01. The number of aliphatic hydroxyl groups excluding tert-OH is 2. The van der Waals surface area contributed by atoms with Gasteiger partial charge in [0.1, 0.15) is 30.0 Å². The SMILES string of the molecule is C#Cc1ccc(Nc2c(C(=O)NOC[C@@H](O)CO)c3cccnc3n2C)c(F)c1. The fraction of sp³-hybridized carbons (Fsp3) is 0.200. The van der Waals surface area contributed by atoms with Crippen molar-refractivity contribution in [1.29, 1.82) is 0 Å². The summed E-state index contributed by atoms with van der Waals surface area (Å²) in [7, 11) is 1.68. The highest BCUT2D eigenvalue weighted by molar-refractivity contribution is 6.11. The topological polar surface area (TPSA) is 109 Å². The summed E-state index contributed by atoms with van der Waals surface area (Å²) in [6.45, 7) is -0.802. The number of hydroxylamine groups is 1. The maximum atomic E-state index is 14.4. The van der Waals surface area contributed by atoms with Crippen molar-refractivity contribution in [3.8, 4) is 12.3 Å². The van der Waals surface area contributed by atoms with Gasteiger partial charge in [-0.15, -0.1) is 6.42 Å². The number of hydrogen-bond acceptors (Lipinski definition) is 6. The predicted octanol–water partition coefficient (Wildman–Crippen LogP) is 1.45. The summed E-state index contributed by atoms with van der Waals surface area (Å²) in [5.41, 5.74) is 3.40. The van der Waals surface area contributed by atoms with Crippen LogP contribution in [0.4, 0.5) is 15.9 Å². The molecular formula is C20H19FN4O4. The van der Waals surface area contributed by atoms with Crippen molar-refractivity contribution >= 4 is 28.4 Å². The van der Waals surface area contributed by atoms with Gasteiger partial charge in [-0.3, -0.25) is 9.63 Å². The van der Waals surface area contributed by atoms with Crippen LogP contribution in [0.15, 0.2) is 36.5 Å². The third-order valence-corrected chi connectivity index (χ3v) is 4.21. The Labute approximate surface area is 165 Å². The quantitative estimate of drug-likeness (QED) is 0.354. The fourth-order valence-electron chi connectivity index (χ4n) is 2.78. The van der Waals surface area contributed by atoms with E-state index in [1.165, 1.54) is 12.1 Å². The normalized spacial score (nSPS) is 11.8. The number of terminal acetylenes is 1. The third-order valence-electron chi connectivity index (χ3n) is 4.21. The summed E-state index contributed by atoms with van der Waals surface area (Å²) >= 11 is 0. The number of pyridine rings is 1. The van der Waals surface area contributed by atoms with Crippen LogP contribution < -0.4 is 10.8 Å². The van der Waals surface area contributed by atoms with Crippen LogP contribution in [0.3, 0.4) is 0 Å². The lowest BCUT2D eigenvalue weighted by atomic mass is 10.1. The molecule has 0 aliphatic rings. The summed E-state index contributed by atoms with van der Waals surface area (Å²) in [6.07, 6.45) is 5.73. The van der Waals surface area contributed by atoms with Gasteiger partial charge in [0.05, 0.1) is 17.9 Å². The second-order valence-electron chi connectivity index (χ2n) is 6.20. The standard InChI is InChI=1S/C20H19FN4O4/c1-3-12-6-7-16(15(21)9-12)23-19-17(20(28)24-29-11-13(27)10-26)14-5-4-8-22-18(14)25(19)2/h1,4-9,13,23,26-27H,10-11H2,2H3,(H,24,28)/t13-/m0/s1. The highest BCUT2D eigenvalue weighted by atomic mass is 19.1. The molecule has 4 N–H and O–H groups in total. The molecule has 2 aromatic heterocycles. The minimum Gasteiger partial charge on any atom is -0.394 e. The van der Waals surface area contributed by atoms with Crippen LogP contribution in [0.1, 0.15) is 15.9 Å². The van der Waals surface area contributed by atoms with Crippen LogP contribution in [-0.2, 0) is 11.9 Å². The number of aryl methyl sites for hydroxylation is 1. The lowest BCUT2D eigenvalue weighted by Crippen LogP contribution is -2.30. The molecule has 0 fully saturated rings. The van der Waals surface area contributed by atoms with Gasteiger partial charge in [0.2, 0.25) is 0 Å². The number of amides is 1. The first kappa shape index (κ1) is 20.3. The first-order chi connectivity index (χ1) is 14.0. The molecule has 3 aromatic rings. The van der Waals surface area contributed by atoms with Gasteiger partial charge >= 0.3 is 0 Å². The van der Waals surface area contributed by atoms with Gasteiger partial charge in [-0.05, 0) is 30.3 Å². The predicted molar refractivity (Wildman–Crippen MR) is 105 cm³/mol. The molecule has 0 radical (unpaired) electrons. The number of halogens is 1. The smallest absolute Gasteiger partial charge is 0.279 e. The zero-order chi connectivity index (χ0) is 21.0. The van der Waals surface area contributed by atoms with Crippen molar-refractivity contribution in [3.63, 3.8) is 0 Å². The van der Waals surface area contributed by atoms with Crippen LogP contribution in [0.2, 0.25) is 0 Å². The lowest BCUT2D eigenvalue weighted by Gasteiger charge is -2.13. The third kappa shape index (κ3) is 4.20. The monoisotopic (exact) mass is 398 g/mol. The van der Waals surface area contributed by atoms with Crippen molar-refractivity contribution in [2.24, 2.45) is 7.05 Å².